The van der Waals surface area contributed by atoms with Gasteiger partial charge in [-0.15, -0.1) is 0 Å². The Hall–Kier alpha value is -2.20. The molecule has 0 amide bonds. The van der Waals surface area contributed by atoms with Crippen LogP contribution in [0.4, 0.5) is 0 Å². The smallest absolute Gasteiger partial charge is 0.116 e. The standard InChI is InChI=1S/C18H18N2OS/c1-22-11-10-16-17(14-8-5-9-15(21)12-14)18(20-19-16)13-6-3-2-4-7-13/h2-9,12,21H,10-11H2,1H3,(H,19,20). The number of aromatic nitrogens is 2. The number of hydrogen-bond donors (Lipinski definition) is 2. The molecule has 22 heavy (non-hydrogen) atoms. The Morgan fingerprint density at radius 3 is 2.55 bits per heavy atom. The third-order valence-electron chi connectivity index (χ3n) is 3.58. The second-order valence-electron chi connectivity index (χ2n) is 5.08. The fraction of sp³-hybridized carbons (Fsp3) is 0.167. The van der Waals surface area contributed by atoms with E-state index in [4.69, 9.17) is 0 Å². The number of phenolic OH excluding ortho intramolecular Hbond substituents is 1. The maximum atomic E-state index is 9.81. The van der Waals surface area contributed by atoms with Crippen molar-refractivity contribution in [3.63, 3.8) is 0 Å². The predicted octanol–water partition coefficient (Wildman–Crippen LogP) is 4.35. The molecule has 0 unspecified atom stereocenters. The third-order valence-corrected chi connectivity index (χ3v) is 4.19. The van der Waals surface area contributed by atoms with E-state index in [1.165, 1.54) is 0 Å². The number of aromatic amines is 1. The minimum Gasteiger partial charge on any atom is -0.508 e. The van der Waals surface area contributed by atoms with E-state index < -0.39 is 0 Å². The van der Waals surface area contributed by atoms with Crippen LogP contribution in [0.1, 0.15) is 5.69 Å². The number of H-pyrrole nitrogens is 1. The number of benzene rings is 2. The lowest BCUT2D eigenvalue weighted by molar-refractivity contribution is 0.475. The first kappa shape index (κ1) is 14.7. The monoisotopic (exact) mass is 310 g/mol. The van der Waals surface area contributed by atoms with Crippen LogP contribution in [-0.2, 0) is 6.42 Å². The van der Waals surface area contributed by atoms with Gasteiger partial charge >= 0.3 is 0 Å². The summed E-state index contributed by atoms with van der Waals surface area (Å²) in [5, 5.41) is 17.5. The first-order valence-electron chi connectivity index (χ1n) is 7.20. The third kappa shape index (κ3) is 3.02. The molecule has 1 heterocycles. The van der Waals surface area contributed by atoms with Crippen LogP contribution >= 0.6 is 11.8 Å². The van der Waals surface area contributed by atoms with Gasteiger partial charge in [-0.2, -0.15) is 16.9 Å². The minimum absolute atomic E-state index is 0.272. The molecule has 0 saturated carbocycles. The number of phenols is 1. The molecule has 2 N–H and O–H groups in total. The second kappa shape index (κ2) is 6.71. The van der Waals surface area contributed by atoms with Crippen molar-refractivity contribution in [2.75, 3.05) is 12.0 Å². The van der Waals surface area contributed by atoms with Gasteiger partial charge in [0, 0.05) is 16.8 Å². The van der Waals surface area contributed by atoms with E-state index in [2.05, 4.69) is 28.6 Å². The van der Waals surface area contributed by atoms with Crippen LogP contribution in [-0.4, -0.2) is 27.3 Å². The van der Waals surface area contributed by atoms with Crippen LogP contribution in [0.3, 0.4) is 0 Å². The van der Waals surface area contributed by atoms with Crippen molar-refractivity contribution in [1.82, 2.24) is 10.2 Å². The normalized spacial score (nSPS) is 10.8. The second-order valence-corrected chi connectivity index (χ2v) is 6.07. The lowest BCUT2D eigenvalue weighted by Crippen LogP contribution is -1.92. The Balaban J connectivity index is 2.13. The SMILES string of the molecule is CSCCc1[nH]nc(-c2ccccc2)c1-c1cccc(O)c1. The molecule has 112 valence electrons. The van der Waals surface area contributed by atoms with Crippen LogP contribution in [0.15, 0.2) is 54.6 Å². The topological polar surface area (TPSA) is 48.9 Å². The van der Waals surface area contributed by atoms with Crippen LogP contribution in [0.2, 0.25) is 0 Å². The molecule has 0 bridgehead atoms. The van der Waals surface area contributed by atoms with Gasteiger partial charge in [-0.25, -0.2) is 0 Å². The summed E-state index contributed by atoms with van der Waals surface area (Å²) >= 11 is 1.81. The maximum Gasteiger partial charge on any atom is 0.116 e. The van der Waals surface area contributed by atoms with Gasteiger partial charge in [-0.1, -0.05) is 42.5 Å². The van der Waals surface area contributed by atoms with Crippen LogP contribution in [0.25, 0.3) is 22.4 Å². The summed E-state index contributed by atoms with van der Waals surface area (Å²) in [5.41, 5.74) is 5.19. The molecule has 0 saturated heterocycles. The molecule has 0 radical (unpaired) electrons. The molecule has 0 spiro atoms. The summed E-state index contributed by atoms with van der Waals surface area (Å²) < 4.78 is 0. The highest BCUT2D eigenvalue weighted by Crippen LogP contribution is 2.34. The van der Waals surface area contributed by atoms with Crippen molar-refractivity contribution < 1.29 is 5.11 Å². The Morgan fingerprint density at radius 1 is 1.05 bits per heavy atom. The van der Waals surface area contributed by atoms with Gasteiger partial charge in [0.2, 0.25) is 0 Å². The Kier molecular flexibility index (Phi) is 4.49. The molecule has 2 aromatic carbocycles. The maximum absolute atomic E-state index is 9.81. The summed E-state index contributed by atoms with van der Waals surface area (Å²) in [5.74, 6) is 1.30. The van der Waals surface area contributed by atoms with Gasteiger partial charge in [-0.3, -0.25) is 5.10 Å². The van der Waals surface area contributed by atoms with Crippen molar-refractivity contribution in [2.45, 2.75) is 6.42 Å². The Bertz CT molecular complexity index is 753. The first-order chi connectivity index (χ1) is 10.8. The van der Waals surface area contributed by atoms with Crippen LogP contribution < -0.4 is 0 Å². The minimum atomic E-state index is 0.272. The fourth-order valence-electron chi connectivity index (χ4n) is 2.54. The van der Waals surface area contributed by atoms with Crippen molar-refractivity contribution in [3.8, 4) is 28.1 Å². The average Bonchev–Trinajstić information content (AvgIpc) is 2.97. The van der Waals surface area contributed by atoms with E-state index in [1.54, 1.807) is 12.1 Å². The number of nitrogens with one attached hydrogen (secondary N) is 1. The van der Waals surface area contributed by atoms with Gasteiger partial charge in [0.15, 0.2) is 0 Å². The molecular weight excluding hydrogens is 292 g/mol. The van der Waals surface area contributed by atoms with Crippen LogP contribution in [0.5, 0.6) is 5.75 Å². The number of thioether (sulfide) groups is 1. The van der Waals surface area contributed by atoms with Crippen LogP contribution in [0, 0.1) is 0 Å². The highest BCUT2D eigenvalue weighted by atomic mass is 32.2. The summed E-state index contributed by atoms with van der Waals surface area (Å²) in [6.45, 7) is 0. The van der Waals surface area contributed by atoms with Gasteiger partial charge < -0.3 is 5.11 Å². The van der Waals surface area contributed by atoms with Gasteiger partial charge in [0.05, 0.1) is 0 Å². The Labute approximate surface area is 134 Å². The lowest BCUT2D eigenvalue weighted by Gasteiger charge is -2.07. The van der Waals surface area contributed by atoms with Gasteiger partial charge in [0.1, 0.15) is 11.4 Å². The molecule has 0 fully saturated rings. The molecule has 3 nitrogen and oxygen atoms in total. The Morgan fingerprint density at radius 2 is 1.82 bits per heavy atom. The van der Waals surface area contributed by atoms with E-state index in [9.17, 15) is 5.11 Å². The lowest BCUT2D eigenvalue weighted by atomic mass is 9.98. The zero-order chi connectivity index (χ0) is 15.4. The number of aromatic hydroxyl groups is 1. The summed E-state index contributed by atoms with van der Waals surface area (Å²) in [6, 6.07) is 17.5. The quantitative estimate of drug-likeness (QED) is 0.736. The first-order valence-corrected chi connectivity index (χ1v) is 8.60. The van der Waals surface area contributed by atoms with E-state index >= 15 is 0 Å². The van der Waals surface area contributed by atoms with Crippen molar-refractivity contribution in [1.29, 1.82) is 0 Å². The van der Waals surface area contributed by atoms with E-state index in [1.807, 2.05) is 42.1 Å². The summed E-state index contributed by atoms with van der Waals surface area (Å²) in [6.07, 6.45) is 3.02. The number of rotatable bonds is 5. The molecule has 4 heteroatoms. The number of hydrogen-bond acceptors (Lipinski definition) is 3. The molecule has 0 aliphatic heterocycles. The predicted molar refractivity (Wildman–Crippen MR) is 93.2 cm³/mol. The fourth-order valence-corrected chi connectivity index (χ4v) is 2.95. The molecule has 0 atom stereocenters. The van der Waals surface area contributed by atoms with Crippen molar-refractivity contribution in [3.05, 3.63) is 60.3 Å². The summed E-state index contributed by atoms with van der Waals surface area (Å²) in [4.78, 5) is 0. The number of nitrogens with zero attached hydrogens (tertiary/aromatic N) is 1. The van der Waals surface area contributed by atoms with Crippen molar-refractivity contribution >= 4 is 11.8 Å². The van der Waals surface area contributed by atoms with Gasteiger partial charge in [0.25, 0.3) is 0 Å². The number of aryl methyl sites for hydroxylation is 1. The van der Waals surface area contributed by atoms with E-state index in [0.717, 1.165) is 40.3 Å². The highest BCUT2D eigenvalue weighted by Gasteiger charge is 2.16. The molecule has 3 aromatic rings. The van der Waals surface area contributed by atoms with Gasteiger partial charge in [-0.05, 0) is 36.1 Å². The zero-order valence-corrected chi connectivity index (χ0v) is 13.2. The molecular formula is C18H18N2OS. The average molecular weight is 310 g/mol. The highest BCUT2D eigenvalue weighted by molar-refractivity contribution is 7.98. The summed E-state index contributed by atoms with van der Waals surface area (Å²) in [7, 11) is 0. The van der Waals surface area contributed by atoms with Crippen molar-refractivity contribution in [2.24, 2.45) is 0 Å². The molecule has 3 rings (SSSR count). The zero-order valence-electron chi connectivity index (χ0n) is 12.4. The van der Waals surface area contributed by atoms with E-state index in [-0.39, 0.29) is 5.75 Å². The largest absolute Gasteiger partial charge is 0.508 e. The molecule has 0 aliphatic carbocycles. The van der Waals surface area contributed by atoms with E-state index in [0.29, 0.717) is 0 Å². The molecule has 1 aromatic heterocycles. The molecule has 0 aliphatic rings.